The van der Waals surface area contributed by atoms with Gasteiger partial charge in [0.15, 0.2) is 0 Å². The number of fused-ring (bicyclic) bond motifs is 1. The van der Waals surface area contributed by atoms with Crippen LogP contribution in [0.25, 0.3) is 10.9 Å². The molecule has 11 nitrogen and oxygen atoms in total. The van der Waals surface area contributed by atoms with Crippen LogP contribution in [0, 0.1) is 35.5 Å². The van der Waals surface area contributed by atoms with Crippen molar-refractivity contribution in [2.75, 3.05) is 39.3 Å². The van der Waals surface area contributed by atoms with Gasteiger partial charge in [-0.1, -0.05) is 66.7 Å². The molecule has 4 heterocycles. The minimum absolute atomic E-state index is 0.109. The van der Waals surface area contributed by atoms with Crippen molar-refractivity contribution in [3.8, 4) is 0 Å². The van der Waals surface area contributed by atoms with Crippen molar-refractivity contribution >= 4 is 28.8 Å². The van der Waals surface area contributed by atoms with Gasteiger partial charge in [-0.3, -0.25) is 24.3 Å². The summed E-state index contributed by atoms with van der Waals surface area (Å²) in [5.74, 6) is -3.26. The van der Waals surface area contributed by atoms with Crippen LogP contribution in [0.2, 0.25) is 0 Å². The quantitative estimate of drug-likeness (QED) is 0.0810. The van der Waals surface area contributed by atoms with E-state index < -0.39 is 35.7 Å². The zero-order chi connectivity index (χ0) is 39.0. The molecule has 0 radical (unpaired) electrons. The molecule has 6 N–H and O–H groups in total. The van der Waals surface area contributed by atoms with Gasteiger partial charge in [0, 0.05) is 25.0 Å². The Kier molecular flexibility index (Phi) is 13.1. The Morgan fingerprint density at radius 1 is 0.571 bits per heavy atom. The average Bonchev–Trinajstić information content (AvgIpc) is 4.00. The van der Waals surface area contributed by atoms with Gasteiger partial charge in [0.25, 0.3) is 0 Å². The third kappa shape index (κ3) is 10.2. The average molecular weight is 762 g/mol. The van der Waals surface area contributed by atoms with Crippen LogP contribution in [0.5, 0.6) is 0 Å². The molecule has 0 aliphatic carbocycles. The Morgan fingerprint density at radius 2 is 1.00 bits per heavy atom. The van der Waals surface area contributed by atoms with Gasteiger partial charge in [-0.2, -0.15) is 0 Å². The topological polar surface area (TPSA) is 164 Å². The molecule has 3 aromatic carbocycles. The lowest BCUT2D eigenvalue weighted by molar-refractivity contribution is -0.144. The third-order valence-corrected chi connectivity index (χ3v) is 12.3. The highest BCUT2D eigenvalue weighted by atomic mass is 16.4. The normalized spacial score (nSPS) is 21.3. The highest BCUT2D eigenvalue weighted by Gasteiger charge is 2.33. The van der Waals surface area contributed by atoms with Crippen LogP contribution in [0.1, 0.15) is 52.8 Å². The summed E-state index contributed by atoms with van der Waals surface area (Å²) in [5.41, 5.74) is 6.86. The Bertz CT molecular complexity index is 1910. The zero-order valence-corrected chi connectivity index (χ0v) is 32.0. The lowest BCUT2D eigenvalue weighted by Gasteiger charge is -2.24. The van der Waals surface area contributed by atoms with Crippen LogP contribution in [-0.2, 0) is 53.3 Å². The maximum absolute atomic E-state index is 12.3. The minimum Gasteiger partial charge on any atom is -0.481 e. The minimum atomic E-state index is -0.757. The van der Waals surface area contributed by atoms with Crippen LogP contribution >= 0.6 is 0 Å². The maximum Gasteiger partial charge on any atom is 0.307 e. The molecule has 0 spiro atoms. The Morgan fingerprint density at radius 3 is 1.43 bits per heavy atom. The SMILES string of the molecule is O=C(O)C(Cc1cccc(CN(Cc2cccc(CC(C(=O)O)C3CCNC3)c2)Cc2ccc3ccc(CC(C(=O)O)C4CCNC4)cc3n2)c1)C1CCNC1. The van der Waals surface area contributed by atoms with Gasteiger partial charge in [-0.05, 0) is 135 Å². The summed E-state index contributed by atoms with van der Waals surface area (Å²) in [4.78, 5) is 44.3. The molecule has 6 unspecified atom stereocenters. The van der Waals surface area contributed by atoms with Crippen LogP contribution in [0.3, 0.4) is 0 Å². The van der Waals surface area contributed by atoms with Gasteiger partial charge in [0.2, 0.25) is 0 Å². The van der Waals surface area contributed by atoms with Crippen molar-refractivity contribution in [1.82, 2.24) is 25.8 Å². The van der Waals surface area contributed by atoms with Crippen molar-refractivity contribution in [2.24, 2.45) is 35.5 Å². The number of hydrogen-bond donors (Lipinski definition) is 6. The number of rotatable bonds is 18. The van der Waals surface area contributed by atoms with E-state index >= 15 is 0 Å². The van der Waals surface area contributed by atoms with E-state index in [2.05, 4.69) is 51.2 Å². The maximum atomic E-state index is 12.3. The van der Waals surface area contributed by atoms with Crippen molar-refractivity contribution in [3.63, 3.8) is 0 Å². The first-order valence-corrected chi connectivity index (χ1v) is 20.3. The fourth-order valence-corrected chi connectivity index (χ4v) is 9.23. The first kappa shape index (κ1) is 39.6. The molecule has 6 atom stereocenters. The molecule has 4 aromatic rings. The van der Waals surface area contributed by atoms with Gasteiger partial charge in [-0.25, -0.2) is 0 Å². The lowest BCUT2D eigenvalue weighted by atomic mass is 9.86. The molecule has 3 aliphatic heterocycles. The number of carboxylic acid groups (broad SMARTS) is 3. The van der Waals surface area contributed by atoms with Gasteiger partial charge >= 0.3 is 17.9 Å². The summed E-state index contributed by atoms with van der Waals surface area (Å²) in [5, 5.41) is 41.2. The number of hydrogen-bond acceptors (Lipinski definition) is 8. The number of nitrogens with one attached hydrogen (secondary N) is 3. The summed E-state index contributed by atoms with van der Waals surface area (Å²) >= 11 is 0. The van der Waals surface area contributed by atoms with Crippen molar-refractivity contribution in [2.45, 2.75) is 58.2 Å². The molecule has 296 valence electrons. The van der Waals surface area contributed by atoms with Gasteiger partial charge < -0.3 is 31.3 Å². The predicted octanol–water partition coefficient (Wildman–Crippen LogP) is 5.00. The first-order valence-electron chi connectivity index (χ1n) is 20.3. The third-order valence-electron chi connectivity index (χ3n) is 12.3. The second-order valence-corrected chi connectivity index (χ2v) is 16.3. The number of pyridine rings is 1. The van der Waals surface area contributed by atoms with Gasteiger partial charge in [-0.15, -0.1) is 0 Å². The van der Waals surface area contributed by atoms with Crippen LogP contribution in [0.4, 0.5) is 0 Å². The van der Waals surface area contributed by atoms with Crippen molar-refractivity contribution in [1.29, 1.82) is 0 Å². The second-order valence-electron chi connectivity index (χ2n) is 16.3. The summed E-state index contributed by atoms with van der Waals surface area (Å²) < 4.78 is 0. The molecule has 7 rings (SSSR count). The van der Waals surface area contributed by atoms with Crippen molar-refractivity contribution < 1.29 is 29.7 Å². The number of benzene rings is 3. The number of nitrogens with zero attached hydrogens (tertiary/aromatic N) is 2. The molecular weight excluding hydrogens is 707 g/mol. The fraction of sp³-hybridized carbons (Fsp3) is 0.467. The van der Waals surface area contributed by atoms with E-state index in [1.807, 2.05) is 48.5 Å². The molecule has 11 heteroatoms. The number of aromatic nitrogens is 1. The Labute approximate surface area is 328 Å². The Balaban J connectivity index is 1.13. The predicted molar refractivity (Wildman–Crippen MR) is 215 cm³/mol. The molecule has 1 aromatic heterocycles. The van der Waals surface area contributed by atoms with Gasteiger partial charge in [0.1, 0.15) is 0 Å². The second kappa shape index (κ2) is 18.5. The lowest BCUT2D eigenvalue weighted by Crippen LogP contribution is -2.28. The molecule has 3 saturated heterocycles. The van der Waals surface area contributed by atoms with E-state index in [9.17, 15) is 29.7 Å². The number of aliphatic carboxylic acids is 3. The standard InChI is InChI=1S/C45H55N5O6/c51-43(52)39(35-11-14-46-23-35)19-29-3-1-5-32(17-29)26-50(27-33-6-2-4-30(18-33)20-40(44(53)54)36-12-15-47-24-36)28-38-10-9-34-8-7-31(22-42(34)49-38)21-41(45(55)56)37-13-16-48-25-37/h1-10,17-18,22,35-37,39-41,46-48H,11-16,19-21,23-28H2,(H,51,52)(H,53,54)(H,55,56). The highest BCUT2D eigenvalue weighted by Crippen LogP contribution is 2.28. The smallest absolute Gasteiger partial charge is 0.307 e. The van der Waals surface area contributed by atoms with E-state index in [-0.39, 0.29) is 17.8 Å². The summed E-state index contributed by atoms with van der Waals surface area (Å²) in [6, 6.07) is 26.7. The molecule has 3 fully saturated rings. The van der Waals surface area contributed by atoms with E-state index in [4.69, 9.17) is 4.98 Å². The molecular formula is C45H55N5O6. The first-order chi connectivity index (χ1) is 27.2. The molecule has 56 heavy (non-hydrogen) atoms. The zero-order valence-electron chi connectivity index (χ0n) is 32.0. The Hall–Kier alpha value is -4.68. The van der Waals surface area contributed by atoms with Crippen LogP contribution in [0.15, 0.2) is 78.9 Å². The largest absolute Gasteiger partial charge is 0.481 e. The fourth-order valence-electron chi connectivity index (χ4n) is 9.23. The molecule has 0 saturated carbocycles. The summed E-state index contributed by atoms with van der Waals surface area (Å²) in [6.45, 7) is 6.48. The molecule has 0 amide bonds. The van der Waals surface area contributed by atoms with Crippen LogP contribution in [-0.4, -0.2) is 82.4 Å². The van der Waals surface area contributed by atoms with Gasteiger partial charge in [0.05, 0.1) is 29.0 Å². The number of carbonyl (C=O) groups is 3. The molecule has 0 bridgehead atoms. The van der Waals surface area contributed by atoms with E-state index in [0.717, 1.165) is 103 Å². The summed E-state index contributed by atoms with van der Waals surface area (Å²) in [6.07, 6.45) is 4.02. The van der Waals surface area contributed by atoms with E-state index in [0.29, 0.717) is 38.9 Å². The monoisotopic (exact) mass is 761 g/mol. The van der Waals surface area contributed by atoms with Crippen LogP contribution < -0.4 is 16.0 Å². The van der Waals surface area contributed by atoms with E-state index in [1.165, 1.54) is 0 Å². The number of carboxylic acids is 3. The van der Waals surface area contributed by atoms with E-state index in [1.54, 1.807) is 0 Å². The molecule has 3 aliphatic rings. The summed E-state index contributed by atoms with van der Waals surface area (Å²) in [7, 11) is 0. The van der Waals surface area contributed by atoms with Crippen molar-refractivity contribution in [3.05, 3.63) is 112 Å². The highest BCUT2D eigenvalue weighted by molar-refractivity contribution is 5.80.